The zero-order valence-electron chi connectivity index (χ0n) is 8.38. The van der Waals surface area contributed by atoms with Crippen molar-refractivity contribution in [1.29, 1.82) is 0 Å². The SMILES string of the molecule is Cc1cc(C)n(C[C@@H]2CCCN2)n1. The van der Waals surface area contributed by atoms with Crippen LogP contribution >= 0.6 is 0 Å². The molecule has 1 aromatic heterocycles. The van der Waals surface area contributed by atoms with E-state index in [1.54, 1.807) is 0 Å². The highest BCUT2D eigenvalue weighted by atomic mass is 15.3. The van der Waals surface area contributed by atoms with Gasteiger partial charge in [0.25, 0.3) is 0 Å². The average molecular weight is 179 g/mol. The van der Waals surface area contributed by atoms with Crippen molar-refractivity contribution < 1.29 is 0 Å². The Labute approximate surface area is 79.1 Å². The molecule has 1 aliphatic rings. The first-order chi connectivity index (χ1) is 6.25. The van der Waals surface area contributed by atoms with E-state index < -0.39 is 0 Å². The summed E-state index contributed by atoms with van der Waals surface area (Å²) in [6, 6.07) is 2.77. The number of rotatable bonds is 2. The Morgan fingerprint density at radius 1 is 1.62 bits per heavy atom. The lowest BCUT2D eigenvalue weighted by Gasteiger charge is -2.11. The van der Waals surface area contributed by atoms with Gasteiger partial charge in [0.05, 0.1) is 12.2 Å². The number of hydrogen-bond donors (Lipinski definition) is 1. The molecule has 72 valence electrons. The van der Waals surface area contributed by atoms with Crippen LogP contribution in [-0.2, 0) is 6.54 Å². The molecule has 0 aromatic carbocycles. The highest BCUT2D eigenvalue weighted by Gasteiger charge is 2.15. The molecule has 3 nitrogen and oxygen atoms in total. The fourth-order valence-corrected chi connectivity index (χ4v) is 1.98. The number of aromatic nitrogens is 2. The van der Waals surface area contributed by atoms with E-state index >= 15 is 0 Å². The molecule has 2 heterocycles. The first-order valence-corrected chi connectivity index (χ1v) is 5.00. The van der Waals surface area contributed by atoms with Crippen molar-refractivity contribution in [1.82, 2.24) is 15.1 Å². The van der Waals surface area contributed by atoms with Gasteiger partial charge in [-0.15, -0.1) is 0 Å². The fourth-order valence-electron chi connectivity index (χ4n) is 1.98. The van der Waals surface area contributed by atoms with Crippen LogP contribution in [0, 0.1) is 13.8 Å². The normalized spacial score (nSPS) is 22.5. The molecular formula is C10H17N3. The lowest BCUT2D eigenvalue weighted by molar-refractivity contribution is 0.467. The van der Waals surface area contributed by atoms with Crippen molar-refractivity contribution in [2.24, 2.45) is 0 Å². The first-order valence-electron chi connectivity index (χ1n) is 5.00. The molecule has 2 rings (SSSR count). The van der Waals surface area contributed by atoms with Gasteiger partial charge in [0.1, 0.15) is 0 Å². The molecule has 13 heavy (non-hydrogen) atoms. The second kappa shape index (κ2) is 3.50. The van der Waals surface area contributed by atoms with Gasteiger partial charge >= 0.3 is 0 Å². The van der Waals surface area contributed by atoms with E-state index in [-0.39, 0.29) is 0 Å². The average Bonchev–Trinajstić information content (AvgIpc) is 2.63. The van der Waals surface area contributed by atoms with Gasteiger partial charge in [-0.3, -0.25) is 4.68 Å². The van der Waals surface area contributed by atoms with Crippen molar-refractivity contribution in [3.8, 4) is 0 Å². The van der Waals surface area contributed by atoms with Crippen LogP contribution in [0.3, 0.4) is 0 Å². The van der Waals surface area contributed by atoms with E-state index in [2.05, 4.69) is 28.1 Å². The Morgan fingerprint density at radius 3 is 3.00 bits per heavy atom. The predicted molar refractivity (Wildman–Crippen MR) is 52.7 cm³/mol. The van der Waals surface area contributed by atoms with Crippen LogP contribution in [0.4, 0.5) is 0 Å². The second-order valence-electron chi connectivity index (χ2n) is 3.90. The summed E-state index contributed by atoms with van der Waals surface area (Å²) in [6.07, 6.45) is 2.60. The lowest BCUT2D eigenvalue weighted by atomic mass is 10.2. The number of aryl methyl sites for hydroxylation is 2. The van der Waals surface area contributed by atoms with Crippen LogP contribution < -0.4 is 5.32 Å². The third kappa shape index (κ3) is 1.91. The molecule has 0 saturated carbocycles. The molecule has 1 fully saturated rings. The van der Waals surface area contributed by atoms with E-state index in [4.69, 9.17) is 0 Å². The van der Waals surface area contributed by atoms with Crippen molar-refractivity contribution in [3.63, 3.8) is 0 Å². The van der Waals surface area contributed by atoms with Crippen LogP contribution in [0.2, 0.25) is 0 Å². The summed E-state index contributed by atoms with van der Waals surface area (Å²) in [4.78, 5) is 0. The van der Waals surface area contributed by atoms with Gasteiger partial charge in [0.2, 0.25) is 0 Å². The summed E-state index contributed by atoms with van der Waals surface area (Å²) in [5.74, 6) is 0. The minimum Gasteiger partial charge on any atom is -0.312 e. The summed E-state index contributed by atoms with van der Waals surface area (Å²) in [6.45, 7) is 6.37. The van der Waals surface area contributed by atoms with E-state index in [9.17, 15) is 0 Å². The third-order valence-corrected chi connectivity index (χ3v) is 2.66. The molecule has 1 aliphatic heterocycles. The van der Waals surface area contributed by atoms with Crippen molar-refractivity contribution >= 4 is 0 Å². The standard InChI is InChI=1S/C10H17N3/c1-8-6-9(2)13(12-8)7-10-4-3-5-11-10/h6,10-11H,3-5,7H2,1-2H3/t10-/m0/s1. The molecule has 3 heteroatoms. The Morgan fingerprint density at radius 2 is 2.46 bits per heavy atom. The zero-order valence-corrected chi connectivity index (χ0v) is 8.38. The minimum atomic E-state index is 0.637. The highest BCUT2D eigenvalue weighted by Crippen LogP contribution is 2.09. The maximum atomic E-state index is 4.45. The monoisotopic (exact) mass is 179 g/mol. The highest BCUT2D eigenvalue weighted by molar-refractivity contribution is 5.06. The van der Waals surface area contributed by atoms with Gasteiger partial charge in [0, 0.05) is 11.7 Å². The van der Waals surface area contributed by atoms with Crippen LogP contribution in [0.5, 0.6) is 0 Å². The Bertz CT molecular complexity index is 284. The van der Waals surface area contributed by atoms with E-state index in [1.807, 2.05) is 6.92 Å². The fraction of sp³-hybridized carbons (Fsp3) is 0.700. The summed E-state index contributed by atoms with van der Waals surface area (Å²) in [5.41, 5.74) is 2.39. The molecule has 1 aromatic rings. The molecule has 1 atom stereocenters. The van der Waals surface area contributed by atoms with Gasteiger partial charge in [-0.25, -0.2) is 0 Å². The predicted octanol–water partition coefficient (Wildman–Crippen LogP) is 1.25. The summed E-state index contributed by atoms with van der Waals surface area (Å²) < 4.78 is 2.11. The largest absolute Gasteiger partial charge is 0.312 e. The minimum absolute atomic E-state index is 0.637. The maximum absolute atomic E-state index is 4.45. The zero-order chi connectivity index (χ0) is 9.26. The molecule has 0 amide bonds. The number of nitrogens with one attached hydrogen (secondary N) is 1. The van der Waals surface area contributed by atoms with Crippen molar-refractivity contribution in [2.75, 3.05) is 6.54 Å². The summed E-state index contributed by atoms with van der Waals surface area (Å²) >= 11 is 0. The van der Waals surface area contributed by atoms with E-state index in [0.717, 1.165) is 12.2 Å². The topological polar surface area (TPSA) is 29.9 Å². The van der Waals surface area contributed by atoms with E-state index in [0.29, 0.717) is 6.04 Å². The van der Waals surface area contributed by atoms with E-state index in [1.165, 1.54) is 25.1 Å². The molecule has 0 bridgehead atoms. The first kappa shape index (κ1) is 8.75. The molecule has 1 N–H and O–H groups in total. The molecular weight excluding hydrogens is 162 g/mol. The maximum Gasteiger partial charge on any atom is 0.0596 e. The molecule has 0 spiro atoms. The van der Waals surface area contributed by atoms with Crippen molar-refractivity contribution in [3.05, 3.63) is 17.5 Å². The summed E-state index contributed by atoms with van der Waals surface area (Å²) in [7, 11) is 0. The number of nitrogens with zero attached hydrogens (tertiary/aromatic N) is 2. The van der Waals surface area contributed by atoms with Crippen LogP contribution in [-0.4, -0.2) is 22.4 Å². The molecule has 0 radical (unpaired) electrons. The molecule has 1 saturated heterocycles. The summed E-state index contributed by atoms with van der Waals surface area (Å²) in [5, 5.41) is 7.93. The molecule has 0 unspecified atom stereocenters. The Hall–Kier alpha value is -0.830. The van der Waals surface area contributed by atoms with Gasteiger partial charge < -0.3 is 5.32 Å². The van der Waals surface area contributed by atoms with Crippen LogP contribution in [0.25, 0.3) is 0 Å². The van der Waals surface area contributed by atoms with Gasteiger partial charge in [-0.1, -0.05) is 0 Å². The van der Waals surface area contributed by atoms with Crippen molar-refractivity contribution in [2.45, 2.75) is 39.3 Å². The van der Waals surface area contributed by atoms with Gasteiger partial charge in [0.15, 0.2) is 0 Å². The smallest absolute Gasteiger partial charge is 0.0596 e. The van der Waals surface area contributed by atoms with Crippen LogP contribution in [0.1, 0.15) is 24.2 Å². The Kier molecular flexibility index (Phi) is 2.36. The second-order valence-corrected chi connectivity index (χ2v) is 3.90. The Balaban J connectivity index is 2.03. The van der Waals surface area contributed by atoms with Gasteiger partial charge in [-0.2, -0.15) is 5.10 Å². The van der Waals surface area contributed by atoms with Crippen LogP contribution in [0.15, 0.2) is 6.07 Å². The molecule has 0 aliphatic carbocycles. The quantitative estimate of drug-likeness (QED) is 0.740. The van der Waals surface area contributed by atoms with Gasteiger partial charge in [-0.05, 0) is 39.3 Å². The number of hydrogen-bond acceptors (Lipinski definition) is 2. The lowest BCUT2D eigenvalue weighted by Crippen LogP contribution is -2.27. The third-order valence-electron chi connectivity index (χ3n) is 2.66.